The van der Waals surface area contributed by atoms with E-state index in [4.69, 9.17) is 4.74 Å². The van der Waals surface area contributed by atoms with Crippen LogP contribution in [0.15, 0.2) is 30.5 Å². The lowest BCUT2D eigenvalue weighted by Gasteiger charge is -2.61. The van der Waals surface area contributed by atoms with Gasteiger partial charge < -0.3 is 20.1 Å². The molecule has 6 heteroatoms. The highest BCUT2D eigenvalue weighted by Gasteiger charge is 2.60. The highest BCUT2D eigenvalue weighted by molar-refractivity contribution is 5.87. The number of methoxy groups -OCH3 is 1. The number of amides is 1. The molecule has 0 bridgehead atoms. The number of nitrogens with one attached hydrogen (secondary N) is 2. The molecule has 6 rings (SSSR count). The van der Waals surface area contributed by atoms with Gasteiger partial charge in [-0.25, -0.2) is 4.79 Å². The van der Waals surface area contributed by atoms with Crippen LogP contribution in [-0.2, 0) is 20.7 Å². The monoisotopic (exact) mass is 576 g/mol. The van der Waals surface area contributed by atoms with Gasteiger partial charge in [0.05, 0.1) is 13.2 Å². The highest BCUT2D eigenvalue weighted by atomic mass is 16.5. The Hall–Kier alpha value is -2.34. The number of carbonyl (C=O) groups is 2. The zero-order valence-corrected chi connectivity index (χ0v) is 26.2. The number of H-pyrrole nitrogens is 1. The normalized spacial score (nSPS) is 37.3. The Morgan fingerprint density at radius 2 is 1.81 bits per heavy atom. The van der Waals surface area contributed by atoms with Gasteiger partial charge in [-0.2, -0.15) is 0 Å². The van der Waals surface area contributed by atoms with Crippen LogP contribution in [0, 0.1) is 46.3 Å². The van der Waals surface area contributed by atoms with Gasteiger partial charge in [0.2, 0.25) is 5.91 Å². The Labute approximate surface area is 251 Å². The van der Waals surface area contributed by atoms with Crippen molar-refractivity contribution in [3.63, 3.8) is 0 Å². The summed E-state index contributed by atoms with van der Waals surface area (Å²) in [6.07, 6.45) is 14.6. The smallest absolute Gasteiger partial charge is 0.328 e. The second kappa shape index (κ2) is 11.6. The summed E-state index contributed by atoms with van der Waals surface area (Å²) in [6.45, 7) is 7.51. The number of benzene rings is 1. The van der Waals surface area contributed by atoms with E-state index < -0.39 is 12.0 Å². The van der Waals surface area contributed by atoms with Crippen LogP contribution in [0.3, 0.4) is 0 Å². The van der Waals surface area contributed by atoms with Gasteiger partial charge in [-0.1, -0.05) is 39.0 Å². The molecule has 4 aliphatic carbocycles. The van der Waals surface area contributed by atoms with Gasteiger partial charge in [0.1, 0.15) is 6.04 Å². The largest absolute Gasteiger partial charge is 0.467 e. The molecule has 6 nitrogen and oxygen atoms in total. The topological polar surface area (TPSA) is 91.4 Å². The molecule has 1 heterocycles. The fourth-order valence-electron chi connectivity index (χ4n) is 10.9. The molecule has 42 heavy (non-hydrogen) atoms. The molecule has 1 aromatic heterocycles. The van der Waals surface area contributed by atoms with E-state index in [0.29, 0.717) is 41.4 Å². The van der Waals surface area contributed by atoms with Crippen LogP contribution >= 0.6 is 0 Å². The molecule has 3 N–H and O–H groups in total. The Morgan fingerprint density at radius 3 is 2.62 bits per heavy atom. The van der Waals surface area contributed by atoms with E-state index in [1.807, 2.05) is 30.5 Å². The van der Waals surface area contributed by atoms with E-state index in [1.54, 1.807) is 0 Å². The third-order valence-electron chi connectivity index (χ3n) is 13.1. The maximum Gasteiger partial charge on any atom is 0.328 e. The first kappa shape index (κ1) is 29.7. The molecule has 4 saturated carbocycles. The van der Waals surface area contributed by atoms with E-state index in [1.165, 1.54) is 52.1 Å². The molecule has 1 aromatic carbocycles. The molecule has 1 amide bonds. The quantitative estimate of drug-likeness (QED) is 0.301. The van der Waals surface area contributed by atoms with Crippen LogP contribution in [0.5, 0.6) is 0 Å². The number of hydrogen-bond donors (Lipinski definition) is 3. The fraction of sp³-hybridized carbons (Fsp3) is 0.722. The predicted octanol–water partition coefficient (Wildman–Crippen LogP) is 6.80. The lowest BCUT2D eigenvalue weighted by molar-refractivity contribution is -0.145. The molecular weight excluding hydrogens is 524 g/mol. The number of ether oxygens (including phenoxy) is 1. The first-order valence-electron chi connectivity index (χ1n) is 16.7. The van der Waals surface area contributed by atoms with Crippen molar-refractivity contribution in [3.05, 3.63) is 36.0 Å². The highest BCUT2D eigenvalue weighted by Crippen LogP contribution is 2.68. The minimum absolute atomic E-state index is 0.0637. The number of rotatable bonds is 8. The average Bonchev–Trinajstić information content (AvgIpc) is 3.56. The van der Waals surface area contributed by atoms with E-state index in [0.717, 1.165) is 53.5 Å². The zero-order valence-electron chi connectivity index (χ0n) is 26.2. The molecular formula is C36H52N2O4. The molecule has 2 aromatic rings. The van der Waals surface area contributed by atoms with Crippen molar-refractivity contribution in [2.75, 3.05) is 7.11 Å². The summed E-state index contributed by atoms with van der Waals surface area (Å²) >= 11 is 0. The number of carbonyl (C=O) groups excluding carboxylic acids is 2. The lowest BCUT2D eigenvalue weighted by Crippen LogP contribution is -2.54. The SMILES string of the molecule is COC(=O)[C@@H](Cc1c[nH]c2ccccc12)NC(=O)CC[C@@H](C)[C@H]1CC[C@H]2[C@@H]3CC[C@@H]4C[C@H](O)CC[C@]4(C)[C@H]3CC[C@]12C. The summed E-state index contributed by atoms with van der Waals surface area (Å²) in [7, 11) is 1.38. The number of aliphatic hydroxyl groups excluding tert-OH is 1. The van der Waals surface area contributed by atoms with Crippen molar-refractivity contribution in [2.24, 2.45) is 46.3 Å². The number of esters is 1. The minimum atomic E-state index is -0.696. The molecule has 0 unspecified atom stereocenters. The first-order valence-corrected chi connectivity index (χ1v) is 16.7. The van der Waals surface area contributed by atoms with E-state index in [-0.39, 0.29) is 12.0 Å². The van der Waals surface area contributed by atoms with Crippen molar-refractivity contribution in [1.82, 2.24) is 10.3 Å². The molecule has 230 valence electrons. The summed E-state index contributed by atoms with van der Waals surface area (Å²) in [5, 5.41) is 14.4. The number of aliphatic hydroxyl groups is 1. The maximum atomic E-state index is 13.2. The second-order valence-electron chi connectivity index (χ2n) is 15.0. The predicted molar refractivity (Wildman–Crippen MR) is 166 cm³/mol. The third kappa shape index (κ3) is 5.20. The molecule has 10 atom stereocenters. The van der Waals surface area contributed by atoms with Gasteiger partial charge in [0.25, 0.3) is 0 Å². The summed E-state index contributed by atoms with van der Waals surface area (Å²) in [6, 6.07) is 7.32. The first-order chi connectivity index (χ1) is 20.1. The second-order valence-corrected chi connectivity index (χ2v) is 15.0. The third-order valence-corrected chi connectivity index (χ3v) is 13.1. The van der Waals surface area contributed by atoms with Crippen molar-refractivity contribution in [1.29, 1.82) is 0 Å². The number of hydrogen-bond acceptors (Lipinski definition) is 4. The molecule has 0 saturated heterocycles. The standard InChI is InChI=1S/C36H52N2O4/c1-22(9-14-33(40)38-32(34(41)42-4)19-23-21-37-31-8-6-5-7-26(23)31)28-12-13-29-27-11-10-24-20-25(39)15-17-35(24,2)30(27)16-18-36(28,29)3/h5-8,21-22,24-25,27-30,32,37,39H,9-20H2,1-4H3,(H,38,40)/t22-,24-,25-,27+,28-,29+,30+,32-,35+,36-/m1/s1. The minimum Gasteiger partial charge on any atom is -0.467 e. The Bertz CT molecular complexity index is 1290. The number of aromatic amines is 1. The molecule has 0 aliphatic heterocycles. The van der Waals surface area contributed by atoms with Gasteiger partial charge in [0, 0.05) is 29.9 Å². The van der Waals surface area contributed by atoms with E-state index in [2.05, 4.69) is 31.1 Å². The maximum absolute atomic E-state index is 13.2. The molecule has 0 spiro atoms. The number of fused-ring (bicyclic) bond motifs is 6. The lowest BCUT2D eigenvalue weighted by atomic mass is 9.44. The Morgan fingerprint density at radius 1 is 1.05 bits per heavy atom. The van der Waals surface area contributed by atoms with E-state index >= 15 is 0 Å². The van der Waals surface area contributed by atoms with Crippen molar-refractivity contribution in [2.45, 2.75) is 110 Å². The van der Waals surface area contributed by atoms with Crippen molar-refractivity contribution >= 4 is 22.8 Å². The van der Waals surface area contributed by atoms with Crippen LogP contribution in [0.25, 0.3) is 10.9 Å². The van der Waals surface area contributed by atoms with Crippen LogP contribution in [-0.4, -0.2) is 41.2 Å². The van der Waals surface area contributed by atoms with Gasteiger partial charge >= 0.3 is 5.97 Å². The van der Waals surface area contributed by atoms with Crippen molar-refractivity contribution in [3.8, 4) is 0 Å². The Kier molecular flexibility index (Phi) is 8.23. The van der Waals surface area contributed by atoms with Gasteiger partial charge in [-0.05, 0) is 122 Å². The van der Waals surface area contributed by atoms with Gasteiger partial charge in [-0.15, -0.1) is 0 Å². The number of aromatic nitrogens is 1. The zero-order chi connectivity index (χ0) is 29.6. The number of para-hydroxylation sites is 1. The van der Waals surface area contributed by atoms with Crippen molar-refractivity contribution < 1.29 is 19.4 Å². The van der Waals surface area contributed by atoms with Crippen LogP contribution in [0.2, 0.25) is 0 Å². The molecule has 4 fully saturated rings. The summed E-state index contributed by atoms with van der Waals surface area (Å²) < 4.78 is 5.07. The molecule has 4 aliphatic rings. The Balaban J connectivity index is 1.07. The molecule has 0 radical (unpaired) electrons. The van der Waals surface area contributed by atoms with Crippen LogP contribution < -0.4 is 5.32 Å². The summed E-state index contributed by atoms with van der Waals surface area (Å²) in [5.41, 5.74) is 2.79. The van der Waals surface area contributed by atoms with Crippen LogP contribution in [0.1, 0.15) is 97.0 Å². The van der Waals surface area contributed by atoms with Gasteiger partial charge in [0.15, 0.2) is 0 Å². The summed E-state index contributed by atoms with van der Waals surface area (Å²) in [5.74, 6) is 3.79. The van der Waals surface area contributed by atoms with Crippen LogP contribution in [0.4, 0.5) is 0 Å². The van der Waals surface area contributed by atoms with Gasteiger partial charge in [-0.3, -0.25) is 4.79 Å². The van der Waals surface area contributed by atoms with E-state index in [9.17, 15) is 14.7 Å². The summed E-state index contributed by atoms with van der Waals surface area (Å²) in [4.78, 5) is 29.1. The fourth-order valence-corrected chi connectivity index (χ4v) is 10.9. The average molecular weight is 577 g/mol.